The minimum Gasteiger partial charge on any atom is -0.462 e. The number of thioether (sulfide) groups is 1. The highest BCUT2D eigenvalue weighted by Crippen LogP contribution is 2.44. The van der Waals surface area contributed by atoms with E-state index in [0.29, 0.717) is 26.0 Å². The first kappa shape index (κ1) is 21.7. The smallest absolute Gasteiger partial charge is 0.341 e. The Morgan fingerprint density at radius 3 is 2.74 bits per heavy atom. The Labute approximate surface area is 192 Å². The molecule has 2 aromatic heterocycles. The SMILES string of the molecule is CCOC(=O)c1c(NC(=O)CSc2nnc(C3CC3)n2N)sc(Cl)c1-c1ccccc1. The number of anilines is 1. The van der Waals surface area contributed by atoms with Gasteiger partial charge in [0.05, 0.1) is 12.4 Å². The molecule has 162 valence electrons. The average Bonchev–Trinajstić information content (AvgIpc) is 3.45. The fourth-order valence-electron chi connectivity index (χ4n) is 3.05. The summed E-state index contributed by atoms with van der Waals surface area (Å²) in [6.45, 7) is 1.93. The Morgan fingerprint density at radius 1 is 1.32 bits per heavy atom. The van der Waals surface area contributed by atoms with Gasteiger partial charge in [-0.25, -0.2) is 9.47 Å². The molecule has 8 nitrogen and oxygen atoms in total. The van der Waals surface area contributed by atoms with Crippen LogP contribution in [-0.4, -0.2) is 39.1 Å². The van der Waals surface area contributed by atoms with Crippen molar-refractivity contribution in [1.29, 1.82) is 0 Å². The van der Waals surface area contributed by atoms with E-state index in [9.17, 15) is 9.59 Å². The van der Waals surface area contributed by atoms with E-state index in [1.54, 1.807) is 6.92 Å². The number of hydrogen-bond acceptors (Lipinski definition) is 8. The summed E-state index contributed by atoms with van der Waals surface area (Å²) in [5.41, 5.74) is 1.56. The summed E-state index contributed by atoms with van der Waals surface area (Å²) < 4.78 is 7.05. The maximum Gasteiger partial charge on any atom is 0.341 e. The van der Waals surface area contributed by atoms with E-state index in [1.807, 2.05) is 30.3 Å². The maximum absolute atomic E-state index is 12.7. The predicted molar refractivity (Wildman–Crippen MR) is 122 cm³/mol. The van der Waals surface area contributed by atoms with Crippen molar-refractivity contribution in [3.05, 3.63) is 46.1 Å². The molecule has 3 aromatic rings. The molecule has 0 spiro atoms. The van der Waals surface area contributed by atoms with Crippen LogP contribution in [0.25, 0.3) is 11.1 Å². The molecule has 0 saturated heterocycles. The first-order valence-electron chi connectivity index (χ1n) is 9.67. The number of esters is 1. The van der Waals surface area contributed by atoms with E-state index in [-0.39, 0.29) is 23.8 Å². The molecular weight excluding hydrogens is 458 g/mol. The van der Waals surface area contributed by atoms with Gasteiger partial charge in [0.2, 0.25) is 11.1 Å². The van der Waals surface area contributed by atoms with Gasteiger partial charge in [0.25, 0.3) is 0 Å². The third-order valence-corrected chi connectivity index (χ3v) is 6.88. The van der Waals surface area contributed by atoms with Crippen LogP contribution in [0.2, 0.25) is 4.34 Å². The number of nitrogens with two attached hydrogens (primary N) is 1. The van der Waals surface area contributed by atoms with Crippen LogP contribution in [0.1, 0.15) is 41.9 Å². The van der Waals surface area contributed by atoms with E-state index >= 15 is 0 Å². The molecule has 0 bridgehead atoms. The fourth-order valence-corrected chi connectivity index (χ4v) is 5.10. The van der Waals surface area contributed by atoms with E-state index in [0.717, 1.165) is 35.6 Å². The number of hydrogen-bond donors (Lipinski definition) is 2. The molecule has 1 saturated carbocycles. The minimum atomic E-state index is -0.539. The molecule has 1 fully saturated rings. The largest absolute Gasteiger partial charge is 0.462 e. The van der Waals surface area contributed by atoms with Crippen LogP contribution in [0, 0.1) is 0 Å². The monoisotopic (exact) mass is 477 g/mol. The van der Waals surface area contributed by atoms with Crippen LogP contribution in [0.3, 0.4) is 0 Å². The Morgan fingerprint density at radius 2 is 2.06 bits per heavy atom. The number of nitrogen functional groups attached to an aromatic ring is 1. The summed E-state index contributed by atoms with van der Waals surface area (Å²) in [6, 6.07) is 9.28. The predicted octanol–water partition coefficient (Wildman–Crippen LogP) is 4.16. The lowest BCUT2D eigenvalue weighted by atomic mass is 10.0. The van der Waals surface area contributed by atoms with E-state index < -0.39 is 5.97 Å². The van der Waals surface area contributed by atoms with E-state index in [4.69, 9.17) is 22.2 Å². The van der Waals surface area contributed by atoms with Gasteiger partial charge >= 0.3 is 5.97 Å². The van der Waals surface area contributed by atoms with Crippen LogP contribution in [0.5, 0.6) is 0 Å². The molecule has 11 heteroatoms. The summed E-state index contributed by atoms with van der Waals surface area (Å²) in [6.07, 6.45) is 2.11. The molecule has 1 aromatic carbocycles. The summed E-state index contributed by atoms with van der Waals surface area (Å²) in [7, 11) is 0. The van der Waals surface area contributed by atoms with Crippen molar-refractivity contribution in [2.75, 3.05) is 23.5 Å². The first-order chi connectivity index (χ1) is 15.0. The highest BCUT2D eigenvalue weighted by Gasteiger charge is 2.30. The molecule has 0 atom stereocenters. The zero-order valence-electron chi connectivity index (χ0n) is 16.6. The highest BCUT2D eigenvalue weighted by atomic mass is 35.5. The van der Waals surface area contributed by atoms with Crippen molar-refractivity contribution in [2.45, 2.75) is 30.8 Å². The van der Waals surface area contributed by atoms with Crippen molar-refractivity contribution in [1.82, 2.24) is 14.9 Å². The highest BCUT2D eigenvalue weighted by molar-refractivity contribution is 7.99. The summed E-state index contributed by atoms with van der Waals surface area (Å²) >= 11 is 8.77. The van der Waals surface area contributed by atoms with Crippen LogP contribution < -0.4 is 11.2 Å². The molecular formula is C20H20ClN5O3S2. The van der Waals surface area contributed by atoms with Gasteiger partial charge < -0.3 is 15.9 Å². The molecule has 31 heavy (non-hydrogen) atoms. The molecule has 4 rings (SSSR count). The normalized spacial score (nSPS) is 13.2. The fraction of sp³-hybridized carbons (Fsp3) is 0.300. The second-order valence-electron chi connectivity index (χ2n) is 6.86. The third kappa shape index (κ3) is 4.70. The van der Waals surface area contributed by atoms with Crippen molar-refractivity contribution < 1.29 is 14.3 Å². The van der Waals surface area contributed by atoms with Gasteiger partial charge in [0.1, 0.15) is 14.9 Å². The van der Waals surface area contributed by atoms with Crippen molar-refractivity contribution in [3.8, 4) is 11.1 Å². The van der Waals surface area contributed by atoms with Gasteiger partial charge in [0, 0.05) is 11.5 Å². The average molecular weight is 478 g/mol. The quantitative estimate of drug-likeness (QED) is 0.284. The number of benzene rings is 1. The topological polar surface area (TPSA) is 112 Å². The van der Waals surface area contributed by atoms with Gasteiger partial charge in [0.15, 0.2) is 5.82 Å². The number of nitrogens with one attached hydrogen (secondary N) is 1. The first-order valence-corrected chi connectivity index (χ1v) is 11.9. The number of nitrogens with zero attached hydrogens (tertiary/aromatic N) is 3. The van der Waals surface area contributed by atoms with Crippen LogP contribution in [0.4, 0.5) is 5.00 Å². The van der Waals surface area contributed by atoms with Gasteiger partial charge in [-0.1, -0.05) is 53.7 Å². The van der Waals surface area contributed by atoms with Crippen molar-refractivity contribution >= 4 is 51.6 Å². The number of carbonyl (C=O) groups excluding carboxylic acids is 2. The number of aromatic nitrogens is 3. The second-order valence-corrected chi connectivity index (χ2v) is 9.43. The summed E-state index contributed by atoms with van der Waals surface area (Å²) in [5.74, 6) is 6.33. The molecule has 1 aliphatic carbocycles. The third-order valence-electron chi connectivity index (χ3n) is 4.63. The van der Waals surface area contributed by atoms with Gasteiger partial charge in [-0.15, -0.1) is 21.5 Å². The Kier molecular flexibility index (Phi) is 6.49. The number of halogens is 1. The van der Waals surface area contributed by atoms with Crippen LogP contribution in [-0.2, 0) is 9.53 Å². The van der Waals surface area contributed by atoms with Crippen LogP contribution >= 0.6 is 34.7 Å². The summed E-state index contributed by atoms with van der Waals surface area (Å²) in [4.78, 5) is 25.3. The van der Waals surface area contributed by atoms with E-state index in [2.05, 4.69) is 15.5 Å². The van der Waals surface area contributed by atoms with Gasteiger partial charge in [-0.2, -0.15) is 0 Å². The molecule has 0 unspecified atom stereocenters. The Bertz CT molecular complexity index is 1110. The summed E-state index contributed by atoms with van der Waals surface area (Å²) in [5, 5.41) is 11.8. The number of amides is 1. The van der Waals surface area contributed by atoms with E-state index in [1.165, 1.54) is 16.4 Å². The number of ether oxygens (including phenoxy) is 1. The lowest BCUT2D eigenvalue weighted by Gasteiger charge is -2.09. The van der Waals surface area contributed by atoms with Crippen molar-refractivity contribution in [3.63, 3.8) is 0 Å². The zero-order valence-corrected chi connectivity index (χ0v) is 19.0. The Hall–Kier alpha value is -2.56. The number of thiophene rings is 1. The maximum atomic E-state index is 12.7. The van der Waals surface area contributed by atoms with Gasteiger partial charge in [-0.3, -0.25) is 4.79 Å². The molecule has 1 aliphatic rings. The lowest BCUT2D eigenvalue weighted by Crippen LogP contribution is -2.18. The van der Waals surface area contributed by atoms with Crippen molar-refractivity contribution in [2.24, 2.45) is 0 Å². The molecule has 2 heterocycles. The standard InChI is InChI=1S/C20H20ClN5O3S2/c1-2-29-19(28)15-14(11-6-4-3-5-7-11)16(21)31-18(15)23-13(27)10-30-20-25-24-17(26(20)22)12-8-9-12/h3-7,12H,2,8-10,22H2,1H3,(H,23,27). The molecule has 0 radical (unpaired) electrons. The number of rotatable bonds is 8. The second kappa shape index (κ2) is 9.29. The molecule has 3 N–H and O–H groups in total. The number of carbonyl (C=O) groups is 2. The lowest BCUT2D eigenvalue weighted by molar-refractivity contribution is -0.113. The van der Waals surface area contributed by atoms with Crippen LogP contribution in [0.15, 0.2) is 35.5 Å². The Balaban J connectivity index is 1.53. The van der Waals surface area contributed by atoms with Gasteiger partial charge in [-0.05, 0) is 25.3 Å². The molecule has 1 amide bonds. The zero-order chi connectivity index (χ0) is 22.0. The molecule has 0 aliphatic heterocycles. The minimum absolute atomic E-state index is 0.0540.